The standard InChI is InChI=1S/C44H51N7O6/c1-24(2)37(48-42(53)55-6)41(52)50-32-14-9-12-26(32)20-34(50)40-46-31-17-16-25-19-30-28-13-8-7-11-27(28)23-56-35(30)21-29(25)38(31)51(40)36-22-45-39(47-36)33-15-10-18-49(33)43(54)57-44(3,4)5/h7-8,11,13,16-17,19,21-22,24,26,32-34,37H,9-10,12,14-15,18,20,23H2,1-6H3,(H,45,47)(H,48,53)/t26-,32-,33?,34-,37-/m0/s1. The lowest BCUT2D eigenvalue weighted by Gasteiger charge is -2.34. The van der Waals surface area contributed by atoms with Gasteiger partial charge in [-0.2, -0.15) is 0 Å². The highest BCUT2D eigenvalue weighted by molar-refractivity contribution is 6.08. The van der Waals surface area contributed by atoms with E-state index in [1.54, 1.807) is 4.90 Å². The number of nitrogens with one attached hydrogen (secondary N) is 2. The number of hydrogen-bond donors (Lipinski definition) is 2. The van der Waals surface area contributed by atoms with Crippen LogP contribution < -0.4 is 10.1 Å². The lowest BCUT2D eigenvalue weighted by atomic mass is 9.94. The number of methoxy groups -OCH3 is 1. The number of alkyl carbamates (subject to hydrolysis) is 1. The van der Waals surface area contributed by atoms with Crippen LogP contribution in [-0.4, -0.2) is 78.8 Å². The second-order valence-electron chi connectivity index (χ2n) is 17.4. The summed E-state index contributed by atoms with van der Waals surface area (Å²) >= 11 is 0. The van der Waals surface area contributed by atoms with Crippen LogP contribution in [-0.2, 0) is 20.9 Å². The molecule has 5 atom stereocenters. The van der Waals surface area contributed by atoms with Gasteiger partial charge in [0, 0.05) is 23.5 Å². The number of amides is 3. The van der Waals surface area contributed by atoms with Crippen LogP contribution in [0, 0.1) is 11.8 Å². The second kappa shape index (κ2) is 14.1. The molecular weight excluding hydrogens is 723 g/mol. The minimum absolute atomic E-state index is 0.0203. The van der Waals surface area contributed by atoms with Crippen molar-refractivity contribution in [3.8, 4) is 22.7 Å². The van der Waals surface area contributed by atoms with Crippen molar-refractivity contribution >= 4 is 39.9 Å². The first-order valence-electron chi connectivity index (χ1n) is 20.3. The van der Waals surface area contributed by atoms with Crippen molar-refractivity contribution < 1.29 is 28.6 Å². The highest BCUT2D eigenvalue weighted by Crippen LogP contribution is 2.50. The molecule has 298 valence electrons. The van der Waals surface area contributed by atoms with E-state index < -0.39 is 17.7 Å². The Morgan fingerprint density at radius 1 is 1.00 bits per heavy atom. The Morgan fingerprint density at radius 2 is 1.82 bits per heavy atom. The van der Waals surface area contributed by atoms with Gasteiger partial charge < -0.3 is 29.4 Å². The third-order valence-electron chi connectivity index (χ3n) is 12.3. The van der Waals surface area contributed by atoms with Gasteiger partial charge in [-0.1, -0.05) is 50.6 Å². The largest absolute Gasteiger partial charge is 0.488 e. The van der Waals surface area contributed by atoms with Crippen LogP contribution in [0.25, 0.3) is 38.8 Å². The summed E-state index contributed by atoms with van der Waals surface area (Å²) in [6.07, 6.45) is 6.08. The van der Waals surface area contributed by atoms with Crippen LogP contribution in [0.4, 0.5) is 9.59 Å². The van der Waals surface area contributed by atoms with Crippen LogP contribution in [0.2, 0.25) is 0 Å². The Hall–Kier alpha value is -5.59. The Bertz CT molecular complexity index is 2390. The summed E-state index contributed by atoms with van der Waals surface area (Å²) in [7, 11) is 1.31. The van der Waals surface area contributed by atoms with E-state index in [4.69, 9.17) is 24.2 Å². The van der Waals surface area contributed by atoms with Gasteiger partial charge in [0.05, 0.1) is 36.4 Å². The molecule has 13 nitrogen and oxygen atoms in total. The first-order valence-corrected chi connectivity index (χ1v) is 20.3. The number of carbonyl (C=O) groups excluding carboxylic acids is 3. The summed E-state index contributed by atoms with van der Waals surface area (Å²) in [5.74, 6) is 2.86. The van der Waals surface area contributed by atoms with E-state index in [-0.39, 0.29) is 36.0 Å². The molecule has 0 spiro atoms. The molecule has 2 N–H and O–H groups in total. The maximum atomic E-state index is 14.8. The van der Waals surface area contributed by atoms with Crippen molar-refractivity contribution in [3.63, 3.8) is 0 Å². The summed E-state index contributed by atoms with van der Waals surface area (Å²) in [6, 6.07) is 15.4. The number of likely N-dealkylation sites (tertiary alicyclic amines) is 2. The number of imidazole rings is 2. The van der Waals surface area contributed by atoms with Gasteiger partial charge in [0.1, 0.15) is 41.5 Å². The molecule has 2 aromatic heterocycles. The van der Waals surface area contributed by atoms with Crippen LogP contribution in [0.3, 0.4) is 0 Å². The quantitative estimate of drug-likeness (QED) is 0.175. The Balaban J connectivity index is 1.21. The van der Waals surface area contributed by atoms with E-state index in [9.17, 15) is 14.4 Å². The first kappa shape index (κ1) is 37.0. The van der Waals surface area contributed by atoms with Crippen LogP contribution in [0.1, 0.15) is 102 Å². The predicted molar refractivity (Wildman–Crippen MR) is 215 cm³/mol. The smallest absolute Gasteiger partial charge is 0.410 e. The fourth-order valence-corrected chi connectivity index (χ4v) is 9.70. The van der Waals surface area contributed by atoms with Gasteiger partial charge in [-0.3, -0.25) is 14.3 Å². The van der Waals surface area contributed by atoms with Crippen LogP contribution >= 0.6 is 0 Å². The van der Waals surface area contributed by atoms with E-state index in [0.717, 1.165) is 88.6 Å². The zero-order valence-corrected chi connectivity index (χ0v) is 33.5. The molecular formula is C44H51N7O6. The number of aromatic nitrogens is 4. The Morgan fingerprint density at radius 3 is 2.61 bits per heavy atom. The minimum Gasteiger partial charge on any atom is -0.488 e. The van der Waals surface area contributed by atoms with Crippen LogP contribution in [0.5, 0.6) is 5.75 Å². The molecule has 3 amide bonds. The molecule has 5 heterocycles. The van der Waals surface area contributed by atoms with Gasteiger partial charge in [0.25, 0.3) is 0 Å². The molecule has 9 rings (SSSR count). The molecule has 13 heteroatoms. The molecule has 3 aromatic carbocycles. The van der Waals surface area contributed by atoms with E-state index in [0.29, 0.717) is 30.7 Å². The molecule has 2 saturated heterocycles. The number of benzene rings is 3. The summed E-state index contributed by atoms with van der Waals surface area (Å²) in [5, 5.41) is 4.82. The number of rotatable bonds is 6. The summed E-state index contributed by atoms with van der Waals surface area (Å²) in [4.78, 5) is 58.4. The maximum absolute atomic E-state index is 14.8. The number of hydrogen-bond acceptors (Lipinski definition) is 8. The Kier molecular flexibility index (Phi) is 9.16. The summed E-state index contributed by atoms with van der Waals surface area (Å²) < 4.78 is 19.3. The minimum atomic E-state index is -0.774. The summed E-state index contributed by atoms with van der Waals surface area (Å²) in [5.41, 5.74) is 4.37. The SMILES string of the molecule is COC(=O)N[C@H](C(=O)N1[C@H](c2nc3ccc4cc5c(cc4c3n2-c2cnc(C3CCCN3C(=O)OC(C)(C)C)[nH]2)OCc2ccccc2-5)C[C@@H]2CCC[C@@H]21)C(C)C. The van der Waals surface area contributed by atoms with Crippen molar-refractivity contribution in [1.82, 2.24) is 34.6 Å². The molecule has 57 heavy (non-hydrogen) atoms. The first-order chi connectivity index (χ1) is 27.4. The van der Waals surface area contributed by atoms with Gasteiger partial charge in [0.15, 0.2) is 0 Å². The third-order valence-corrected chi connectivity index (χ3v) is 12.3. The molecule has 0 bridgehead atoms. The molecule has 3 fully saturated rings. The predicted octanol–water partition coefficient (Wildman–Crippen LogP) is 8.36. The highest BCUT2D eigenvalue weighted by atomic mass is 16.6. The molecule has 5 aromatic rings. The topological polar surface area (TPSA) is 144 Å². The second-order valence-corrected chi connectivity index (χ2v) is 17.4. The number of H-pyrrole nitrogens is 1. The number of fused-ring (bicyclic) bond motifs is 7. The van der Waals surface area contributed by atoms with E-state index in [1.165, 1.54) is 7.11 Å². The van der Waals surface area contributed by atoms with Gasteiger partial charge in [-0.05, 0) is 99.4 Å². The van der Waals surface area contributed by atoms with E-state index in [2.05, 4.69) is 57.3 Å². The van der Waals surface area contributed by atoms with Crippen molar-refractivity contribution in [1.29, 1.82) is 0 Å². The number of ether oxygens (including phenoxy) is 3. The van der Waals surface area contributed by atoms with Crippen molar-refractivity contribution in [3.05, 3.63) is 71.9 Å². The number of nitrogens with zero attached hydrogens (tertiary/aromatic N) is 5. The monoisotopic (exact) mass is 773 g/mol. The molecule has 1 aliphatic carbocycles. The fourth-order valence-electron chi connectivity index (χ4n) is 9.70. The average molecular weight is 774 g/mol. The lowest BCUT2D eigenvalue weighted by molar-refractivity contribution is -0.138. The van der Waals surface area contributed by atoms with Gasteiger partial charge in [0.2, 0.25) is 5.91 Å². The van der Waals surface area contributed by atoms with Gasteiger partial charge in [-0.25, -0.2) is 19.6 Å². The average Bonchev–Trinajstić information content (AvgIpc) is 4.02. The number of carbonyl (C=O) groups is 3. The maximum Gasteiger partial charge on any atom is 0.410 e. The molecule has 1 saturated carbocycles. The molecule has 1 unspecified atom stereocenters. The zero-order chi connectivity index (χ0) is 39.7. The normalized spacial score (nSPS) is 22.0. The van der Waals surface area contributed by atoms with E-state index >= 15 is 0 Å². The number of aromatic amines is 1. The molecule has 4 aliphatic rings. The Labute approximate surface area is 332 Å². The van der Waals surface area contributed by atoms with Gasteiger partial charge >= 0.3 is 12.2 Å². The van der Waals surface area contributed by atoms with Crippen molar-refractivity contribution in [2.45, 2.75) is 110 Å². The molecule has 3 aliphatic heterocycles. The van der Waals surface area contributed by atoms with Gasteiger partial charge in [-0.15, -0.1) is 0 Å². The molecule has 0 radical (unpaired) electrons. The zero-order valence-electron chi connectivity index (χ0n) is 33.5. The van der Waals surface area contributed by atoms with Crippen molar-refractivity contribution in [2.75, 3.05) is 13.7 Å². The van der Waals surface area contributed by atoms with Crippen LogP contribution in [0.15, 0.2) is 54.7 Å². The van der Waals surface area contributed by atoms with Crippen molar-refractivity contribution in [2.24, 2.45) is 11.8 Å². The lowest BCUT2D eigenvalue weighted by Crippen LogP contribution is -2.53. The third kappa shape index (κ3) is 6.44. The summed E-state index contributed by atoms with van der Waals surface area (Å²) in [6.45, 7) is 10.6. The highest BCUT2D eigenvalue weighted by Gasteiger charge is 2.50. The fraction of sp³-hybridized carbons (Fsp3) is 0.477. The van der Waals surface area contributed by atoms with E-state index in [1.807, 2.05) is 51.8 Å².